The van der Waals surface area contributed by atoms with Gasteiger partial charge in [-0.3, -0.25) is 9.69 Å². The van der Waals surface area contributed by atoms with Crippen molar-refractivity contribution in [2.75, 3.05) is 26.7 Å². The molecule has 2 atom stereocenters. The number of benzene rings is 2. The Morgan fingerprint density at radius 3 is 2.75 bits per heavy atom. The molecule has 0 bridgehead atoms. The molecule has 2 aliphatic heterocycles. The van der Waals surface area contributed by atoms with Gasteiger partial charge in [0.05, 0.1) is 26.4 Å². The summed E-state index contributed by atoms with van der Waals surface area (Å²) in [7, 11) is 1.46. The van der Waals surface area contributed by atoms with Crippen molar-refractivity contribution in [1.82, 2.24) is 14.8 Å². The van der Waals surface area contributed by atoms with E-state index in [2.05, 4.69) is 69.4 Å². The largest absolute Gasteiger partial charge is 0.468 e. The molecular formula is C23H25N3O2. The molecule has 144 valence electrons. The summed E-state index contributed by atoms with van der Waals surface area (Å²) >= 11 is 0. The minimum Gasteiger partial charge on any atom is -0.468 e. The van der Waals surface area contributed by atoms with E-state index in [4.69, 9.17) is 4.74 Å². The van der Waals surface area contributed by atoms with Gasteiger partial charge in [-0.15, -0.1) is 0 Å². The predicted octanol–water partition coefficient (Wildman–Crippen LogP) is 3.06. The highest BCUT2D eigenvalue weighted by Gasteiger charge is 2.37. The summed E-state index contributed by atoms with van der Waals surface area (Å²) in [4.78, 5) is 14.3. The van der Waals surface area contributed by atoms with E-state index in [1.54, 1.807) is 0 Å². The third-order valence-corrected chi connectivity index (χ3v) is 6.16. The standard InChI is InChI=1S/C23H25N3O2/c1-28-21(27)14-25-13-19(16-7-3-2-4-8-16)22-23-18(11-12-24-22)17-9-5-6-10-20(17)26(23)15-25/h2-10,19,22,24H,11-15H2,1H3/t19-,22-/m0/s1. The van der Waals surface area contributed by atoms with Gasteiger partial charge in [-0.25, -0.2) is 0 Å². The van der Waals surface area contributed by atoms with Crippen LogP contribution < -0.4 is 5.32 Å². The summed E-state index contributed by atoms with van der Waals surface area (Å²) in [6.07, 6.45) is 1.04. The van der Waals surface area contributed by atoms with Gasteiger partial charge in [-0.05, 0) is 30.2 Å². The topological polar surface area (TPSA) is 46.5 Å². The maximum Gasteiger partial charge on any atom is 0.319 e. The lowest BCUT2D eigenvalue weighted by Gasteiger charge is -2.32. The van der Waals surface area contributed by atoms with E-state index in [0.717, 1.165) is 19.5 Å². The second kappa shape index (κ2) is 7.08. The van der Waals surface area contributed by atoms with Crippen molar-refractivity contribution in [3.05, 3.63) is 71.4 Å². The van der Waals surface area contributed by atoms with E-state index < -0.39 is 0 Å². The maximum absolute atomic E-state index is 12.1. The van der Waals surface area contributed by atoms with Gasteiger partial charge < -0.3 is 14.6 Å². The number of hydrogen-bond donors (Lipinski definition) is 1. The molecule has 0 aliphatic carbocycles. The number of nitrogens with zero attached hydrogens (tertiary/aromatic N) is 2. The van der Waals surface area contributed by atoms with Gasteiger partial charge in [-0.1, -0.05) is 48.5 Å². The molecule has 0 spiro atoms. The summed E-state index contributed by atoms with van der Waals surface area (Å²) in [5, 5.41) is 5.13. The number of carbonyl (C=O) groups is 1. The molecule has 0 radical (unpaired) electrons. The lowest BCUT2D eigenvalue weighted by molar-refractivity contribution is -0.142. The van der Waals surface area contributed by atoms with Crippen LogP contribution in [-0.4, -0.2) is 42.2 Å². The van der Waals surface area contributed by atoms with Crippen molar-refractivity contribution in [2.24, 2.45) is 0 Å². The van der Waals surface area contributed by atoms with E-state index in [1.807, 2.05) is 0 Å². The van der Waals surface area contributed by atoms with Crippen LogP contribution in [0.2, 0.25) is 0 Å². The molecule has 5 rings (SSSR count). The quantitative estimate of drug-likeness (QED) is 0.715. The van der Waals surface area contributed by atoms with Crippen LogP contribution in [0.4, 0.5) is 0 Å². The number of ether oxygens (including phenoxy) is 1. The number of carbonyl (C=O) groups excluding carboxylic acids is 1. The third kappa shape index (κ3) is 2.82. The first kappa shape index (κ1) is 17.5. The monoisotopic (exact) mass is 375 g/mol. The number of rotatable bonds is 3. The van der Waals surface area contributed by atoms with E-state index in [9.17, 15) is 4.79 Å². The molecule has 0 saturated carbocycles. The minimum absolute atomic E-state index is 0.189. The van der Waals surface area contributed by atoms with Gasteiger partial charge >= 0.3 is 5.97 Å². The van der Waals surface area contributed by atoms with E-state index in [0.29, 0.717) is 13.2 Å². The molecule has 3 heterocycles. The second-order valence-corrected chi connectivity index (χ2v) is 7.74. The first-order valence-corrected chi connectivity index (χ1v) is 9.93. The van der Waals surface area contributed by atoms with Crippen molar-refractivity contribution < 1.29 is 9.53 Å². The number of aromatic nitrogens is 1. The van der Waals surface area contributed by atoms with Gasteiger partial charge in [0.1, 0.15) is 0 Å². The summed E-state index contributed by atoms with van der Waals surface area (Å²) in [6, 6.07) is 19.6. The molecule has 3 aromatic rings. The highest BCUT2D eigenvalue weighted by molar-refractivity contribution is 5.86. The Hall–Kier alpha value is -2.63. The maximum atomic E-state index is 12.1. The summed E-state index contributed by atoms with van der Waals surface area (Å²) in [6.45, 7) is 2.79. The fraction of sp³-hybridized carbons (Fsp3) is 0.348. The van der Waals surface area contributed by atoms with Crippen LogP contribution in [0, 0.1) is 0 Å². The summed E-state index contributed by atoms with van der Waals surface area (Å²) in [5.74, 6) is 0.0850. The van der Waals surface area contributed by atoms with Crippen LogP contribution >= 0.6 is 0 Å². The van der Waals surface area contributed by atoms with Crippen molar-refractivity contribution in [2.45, 2.75) is 25.0 Å². The first-order chi connectivity index (χ1) is 13.8. The average Bonchev–Trinajstić information content (AvgIpc) is 2.96. The zero-order chi connectivity index (χ0) is 19.1. The van der Waals surface area contributed by atoms with Gasteiger partial charge in [0.2, 0.25) is 0 Å². The zero-order valence-corrected chi connectivity index (χ0v) is 16.1. The molecule has 5 heteroatoms. The van der Waals surface area contributed by atoms with Gasteiger partial charge in [0.25, 0.3) is 0 Å². The van der Waals surface area contributed by atoms with Crippen molar-refractivity contribution >= 4 is 16.9 Å². The molecule has 2 aliphatic rings. The van der Waals surface area contributed by atoms with Crippen molar-refractivity contribution in [3.63, 3.8) is 0 Å². The van der Waals surface area contributed by atoms with E-state index >= 15 is 0 Å². The normalized spacial score (nSPS) is 21.9. The molecule has 0 fully saturated rings. The molecule has 1 N–H and O–H groups in total. The molecule has 2 aromatic carbocycles. The van der Waals surface area contributed by atoms with Crippen molar-refractivity contribution in [1.29, 1.82) is 0 Å². The van der Waals surface area contributed by atoms with Gasteiger partial charge in [0.15, 0.2) is 0 Å². The molecule has 1 aromatic heterocycles. The second-order valence-electron chi connectivity index (χ2n) is 7.74. The Labute approximate surface area is 164 Å². The third-order valence-electron chi connectivity index (χ3n) is 6.16. The number of nitrogens with one attached hydrogen (secondary N) is 1. The Morgan fingerprint density at radius 1 is 1.14 bits per heavy atom. The fourth-order valence-corrected chi connectivity index (χ4v) is 4.95. The smallest absolute Gasteiger partial charge is 0.319 e. The van der Waals surface area contributed by atoms with Crippen LogP contribution in [0.25, 0.3) is 10.9 Å². The number of esters is 1. The van der Waals surface area contributed by atoms with Gasteiger partial charge in [0, 0.05) is 29.1 Å². The number of para-hydroxylation sites is 1. The molecule has 0 saturated heterocycles. The summed E-state index contributed by atoms with van der Waals surface area (Å²) in [5.41, 5.74) is 5.40. The predicted molar refractivity (Wildman–Crippen MR) is 109 cm³/mol. The zero-order valence-electron chi connectivity index (χ0n) is 16.1. The molecule has 0 unspecified atom stereocenters. The van der Waals surface area contributed by atoms with Crippen LogP contribution in [-0.2, 0) is 22.6 Å². The lowest BCUT2D eigenvalue weighted by Crippen LogP contribution is -2.37. The van der Waals surface area contributed by atoms with Gasteiger partial charge in [-0.2, -0.15) is 0 Å². The Kier molecular flexibility index (Phi) is 4.41. The Balaban J connectivity index is 1.68. The highest BCUT2D eigenvalue weighted by atomic mass is 16.5. The SMILES string of the molecule is COC(=O)CN1C[C@@H](c2ccccc2)[C@@H]2NCCc3c2n(c2ccccc32)C1. The van der Waals surface area contributed by atoms with E-state index in [-0.39, 0.29) is 17.9 Å². The first-order valence-electron chi connectivity index (χ1n) is 9.93. The van der Waals surface area contributed by atoms with Crippen LogP contribution in [0.1, 0.15) is 28.8 Å². The van der Waals surface area contributed by atoms with Crippen LogP contribution in [0.3, 0.4) is 0 Å². The minimum atomic E-state index is -0.189. The average molecular weight is 375 g/mol. The molecule has 28 heavy (non-hydrogen) atoms. The molecule has 5 nitrogen and oxygen atoms in total. The lowest BCUT2D eigenvalue weighted by atomic mass is 9.85. The Morgan fingerprint density at radius 2 is 1.93 bits per heavy atom. The molecule has 0 amide bonds. The Bertz CT molecular complexity index is 1010. The van der Waals surface area contributed by atoms with E-state index in [1.165, 1.54) is 34.8 Å². The highest BCUT2D eigenvalue weighted by Crippen LogP contribution is 2.42. The van der Waals surface area contributed by atoms with Crippen LogP contribution in [0.5, 0.6) is 0 Å². The number of methoxy groups -OCH3 is 1. The number of hydrogen-bond acceptors (Lipinski definition) is 4. The van der Waals surface area contributed by atoms with Crippen molar-refractivity contribution in [3.8, 4) is 0 Å². The molecular weight excluding hydrogens is 350 g/mol. The fourth-order valence-electron chi connectivity index (χ4n) is 4.95. The van der Waals surface area contributed by atoms with Crippen LogP contribution in [0.15, 0.2) is 54.6 Å². The number of fused-ring (bicyclic) bond motifs is 3. The summed E-state index contributed by atoms with van der Waals surface area (Å²) < 4.78 is 7.39.